The molecule has 0 saturated carbocycles. The zero-order chi connectivity index (χ0) is 13.3. The minimum atomic E-state index is -4.43. The highest BCUT2D eigenvalue weighted by Crippen LogP contribution is 2.45. The van der Waals surface area contributed by atoms with E-state index in [4.69, 9.17) is 4.74 Å². The van der Waals surface area contributed by atoms with Gasteiger partial charge in [0.15, 0.2) is 0 Å². The van der Waals surface area contributed by atoms with Gasteiger partial charge in [0.05, 0.1) is 11.7 Å². The molecule has 98 valence electrons. The first-order chi connectivity index (χ1) is 8.35. The van der Waals surface area contributed by atoms with E-state index in [2.05, 4.69) is 0 Å². The summed E-state index contributed by atoms with van der Waals surface area (Å²) in [7, 11) is 0. The Hall–Kier alpha value is -1.24. The molecule has 1 aromatic rings. The van der Waals surface area contributed by atoms with Crippen LogP contribution in [0.4, 0.5) is 17.6 Å². The fourth-order valence-electron chi connectivity index (χ4n) is 1.75. The molecule has 0 radical (unpaired) electrons. The number of hydrogen-bond donors (Lipinski definition) is 0. The number of esters is 1. The van der Waals surface area contributed by atoms with Crippen LogP contribution in [0.5, 0.6) is 0 Å². The van der Waals surface area contributed by atoms with Crippen molar-refractivity contribution in [3.8, 4) is 0 Å². The SMILES string of the molecule is O=C1C[C@H](SC(F)(F)F)[C@@H](c2ccc(F)cc2)O1. The Morgan fingerprint density at radius 3 is 2.39 bits per heavy atom. The minimum absolute atomic E-state index is 0.264. The van der Waals surface area contributed by atoms with Gasteiger partial charge in [-0.1, -0.05) is 12.1 Å². The first-order valence-electron chi connectivity index (χ1n) is 5.04. The van der Waals surface area contributed by atoms with Crippen molar-refractivity contribution in [3.05, 3.63) is 35.6 Å². The zero-order valence-corrected chi connectivity index (χ0v) is 9.72. The number of alkyl halides is 3. The maximum atomic E-state index is 12.7. The van der Waals surface area contributed by atoms with E-state index >= 15 is 0 Å². The van der Waals surface area contributed by atoms with E-state index < -0.39 is 28.6 Å². The summed E-state index contributed by atoms with van der Waals surface area (Å²) in [6.07, 6.45) is -1.28. The summed E-state index contributed by atoms with van der Waals surface area (Å²) in [6, 6.07) is 4.89. The number of hydrogen-bond acceptors (Lipinski definition) is 3. The third-order valence-corrected chi connectivity index (χ3v) is 3.43. The monoisotopic (exact) mass is 280 g/mol. The van der Waals surface area contributed by atoms with Crippen LogP contribution in [0, 0.1) is 5.82 Å². The smallest absolute Gasteiger partial charge is 0.442 e. The van der Waals surface area contributed by atoms with Crippen molar-refractivity contribution in [2.45, 2.75) is 23.3 Å². The second-order valence-corrected chi connectivity index (χ2v) is 5.07. The normalized spacial score (nSPS) is 24.1. The standard InChI is InChI=1S/C11H8F4O2S/c12-7-3-1-6(2-4-7)10-8(5-9(16)17-10)18-11(13,14)15/h1-4,8,10H,5H2/t8-,10+/m0/s1. The summed E-state index contributed by atoms with van der Waals surface area (Å²) in [5.41, 5.74) is -4.07. The van der Waals surface area contributed by atoms with Gasteiger partial charge in [-0.15, -0.1) is 0 Å². The molecule has 0 aliphatic carbocycles. The molecule has 1 fully saturated rings. The molecule has 1 heterocycles. The summed E-state index contributed by atoms with van der Waals surface area (Å²) < 4.78 is 54.6. The van der Waals surface area contributed by atoms with Gasteiger partial charge in [-0.3, -0.25) is 4.79 Å². The lowest BCUT2D eigenvalue weighted by molar-refractivity contribution is -0.141. The van der Waals surface area contributed by atoms with Gasteiger partial charge in [-0.25, -0.2) is 4.39 Å². The van der Waals surface area contributed by atoms with Gasteiger partial charge in [0.2, 0.25) is 0 Å². The van der Waals surface area contributed by atoms with Crippen LogP contribution in [-0.2, 0) is 9.53 Å². The van der Waals surface area contributed by atoms with Crippen LogP contribution in [0.2, 0.25) is 0 Å². The van der Waals surface area contributed by atoms with E-state index in [0.717, 1.165) is 12.1 Å². The third-order valence-electron chi connectivity index (χ3n) is 2.45. The Morgan fingerprint density at radius 2 is 1.83 bits per heavy atom. The molecule has 7 heteroatoms. The first kappa shape index (κ1) is 13.2. The molecule has 1 saturated heterocycles. The fourth-order valence-corrected chi connectivity index (χ4v) is 2.65. The van der Waals surface area contributed by atoms with Crippen molar-refractivity contribution < 1.29 is 27.1 Å². The number of thioether (sulfide) groups is 1. The van der Waals surface area contributed by atoms with Crippen molar-refractivity contribution in [1.29, 1.82) is 0 Å². The predicted octanol–water partition coefficient (Wildman–Crippen LogP) is 3.44. The molecule has 0 spiro atoms. The number of halogens is 4. The Kier molecular flexibility index (Phi) is 3.52. The Morgan fingerprint density at radius 1 is 1.22 bits per heavy atom. The molecule has 2 rings (SSSR count). The van der Waals surface area contributed by atoms with Gasteiger partial charge in [0, 0.05) is 0 Å². The maximum Gasteiger partial charge on any atom is 0.442 e. The lowest BCUT2D eigenvalue weighted by atomic mass is 10.1. The molecule has 0 bridgehead atoms. The molecular weight excluding hydrogens is 272 g/mol. The third kappa shape index (κ3) is 3.16. The number of rotatable bonds is 2. The number of benzene rings is 1. The highest BCUT2D eigenvalue weighted by molar-refractivity contribution is 8.00. The topological polar surface area (TPSA) is 26.3 Å². The van der Waals surface area contributed by atoms with Crippen molar-refractivity contribution in [1.82, 2.24) is 0 Å². The quantitative estimate of drug-likeness (QED) is 0.613. The molecule has 0 unspecified atom stereocenters. The lowest BCUT2D eigenvalue weighted by Crippen LogP contribution is -2.15. The lowest BCUT2D eigenvalue weighted by Gasteiger charge is -2.18. The molecule has 0 N–H and O–H groups in total. The highest BCUT2D eigenvalue weighted by Gasteiger charge is 2.44. The first-order valence-corrected chi connectivity index (χ1v) is 5.92. The van der Waals surface area contributed by atoms with Gasteiger partial charge in [0.25, 0.3) is 0 Å². The zero-order valence-electron chi connectivity index (χ0n) is 8.91. The molecular formula is C11H8F4O2S. The van der Waals surface area contributed by atoms with Gasteiger partial charge in [-0.2, -0.15) is 13.2 Å². The average Bonchev–Trinajstić information content (AvgIpc) is 2.58. The second-order valence-electron chi connectivity index (χ2n) is 3.77. The molecule has 2 atom stereocenters. The Bertz CT molecular complexity index is 443. The van der Waals surface area contributed by atoms with Crippen LogP contribution >= 0.6 is 11.8 Å². The van der Waals surface area contributed by atoms with Crippen LogP contribution in [0.3, 0.4) is 0 Å². The van der Waals surface area contributed by atoms with Crippen molar-refractivity contribution in [3.63, 3.8) is 0 Å². The van der Waals surface area contributed by atoms with Crippen molar-refractivity contribution in [2.24, 2.45) is 0 Å². The Balaban J connectivity index is 2.19. The second kappa shape index (κ2) is 4.79. The highest BCUT2D eigenvalue weighted by atomic mass is 32.2. The summed E-state index contributed by atoms with van der Waals surface area (Å²) in [5, 5.41) is -1.03. The largest absolute Gasteiger partial charge is 0.456 e. The number of cyclic esters (lactones) is 1. The summed E-state index contributed by atoms with van der Waals surface area (Å²) >= 11 is -0.264. The van der Waals surface area contributed by atoms with E-state index in [1.807, 2.05) is 0 Å². The van der Waals surface area contributed by atoms with Crippen LogP contribution in [0.15, 0.2) is 24.3 Å². The van der Waals surface area contributed by atoms with Crippen LogP contribution in [0.1, 0.15) is 18.1 Å². The predicted molar refractivity (Wildman–Crippen MR) is 57.3 cm³/mol. The summed E-state index contributed by atoms with van der Waals surface area (Å²) in [5.74, 6) is -1.17. The van der Waals surface area contributed by atoms with E-state index in [9.17, 15) is 22.4 Å². The number of carbonyl (C=O) groups is 1. The molecule has 18 heavy (non-hydrogen) atoms. The van der Waals surface area contributed by atoms with E-state index in [1.54, 1.807) is 0 Å². The summed E-state index contributed by atoms with van der Waals surface area (Å²) in [6.45, 7) is 0. The molecule has 2 nitrogen and oxygen atoms in total. The van der Waals surface area contributed by atoms with Gasteiger partial charge in [-0.05, 0) is 29.5 Å². The van der Waals surface area contributed by atoms with Crippen LogP contribution in [0.25, 0.3) is 0 Å². The molecule has 1 aliphatic heterocycles. The van der Waals surface area contributed by atoms with Gasteiger partial charge in [0.1, 0.15) is 11.9 Å². The van der Waals surface area contributed by atoms with Crippen molar-refractivity contribution in [2.75, 3.05) is 0 Å². The summed E-state index contributed by atoms with van der Waals surface area (Å²) in [4.78, 5) is 11.1. The van der Waals surface area contributed by atoms with Crippen LogP contribution < -0.4 is 0 Å². The molecule has 1 aliphatic rings. The van der Waals surface area contributed by atoms with E-state index in [0.29, 0.717) is 5.56 Å². The Labute approximate surface area is 104 Å². The van der Waals surface area contributed by atoms with E-state index in [-0.39, 0.29) is 18.2 Å². The van der Waals surface area contributed by atoms with Crippen LogP contribution in [-0.4, -0.2) is 16.7 Å². The molecule has 0 amide bonds. The minimum Gasteiger partial charge on any atom is -0.456 e. The molecule has 0 aromatic heterocycles. The number of ether oxygens (including phenoxy) is 1. The number of carbonyl (C=O) groups excluding carboxylic acids is 1. The maximum absolute atomic E-state index is 12.7. The average molecular weight is 280 g/mol. The van der Waals surface area contributed by atoms with Crippen molar-refractivity contribution >= 4 is 17.7 Å². The van der Waals surface area contributed by atoms with E-state index in [1.165, 1.54) is 12.1 Å². The van der Waals surface area contributed by atoms with Gasteiger partial charge >= 0.3 is 11.5 Å². The fraction of sp³-hybridized carbons (Fsp3) is 0.364. The molecule has 1 aromatic carbocycles. The van der Waals surface area contributed by atoms with Gasteiger partial charge < -0.3 is 4.74 Å².